The first-order valence-electron chi connectivity index (χ1n) is 3.92. The van der Waals surface area contributed by atoms with Gasteiger partial charge >= 0.3 is 0 Å². The molecule has 0 saturated heterocycles. The van der Waals surface area contributed by atoms with Crippen molar-refractivity contribution in [1.29, 1.82) is 0 Å². The minimum Gasteiger partial charge on any atom is -0.481 e. The first kappa shape index (κ1) is 8.67. The summed E-state index contributed by atoms with van der Waals surface area (Å²) >= 11 is 0. The summed E-state index contributed by atoms with van der Waals surface area (Å²) in [6, 6.07) is 7.93. The molecule has 0 aromatic heterocycles. The number of hydrogen-bond acceptors (Lipinski definition) is 1. The van der Waals surface area contributed by atoms with Gasteiger partial charge in [0.15, 0.2) is 0 Å². The molecular formula is C11H12O. The number of hydrogen-bond donors (Lipinski definition) is 0. The van der Waals surface area contributed by atoms with E-state index in [9.17, 15) is 0 Å². The Balaban J connectivity index is 2.61. The van der Waals surface area contributed by atoms with Crippen LogP contribution in [0.5, 0.6) is 5.75 Å². The molecule has 0 atom stereocenters. The van der Waals surface area contributed by atoms with Crippen molar-refractivity contribution in [2.45, 2.75) is 13.8 Å². The highest BCUT2D eigenvalue weighted by atomic mass is 16.5. The number of rotatable bonds is 2. The third-order valence-corrected chi connectivity index (χ3v) is 1.57. The Morgan fingerprint density at radius 2 is 2.08 bits per heavy atom. The molecule has 12 heavy (non-hydrogen) atoms. The van der Waals surface area contributed by atoms with Crippen molar-refractivity contribution in [3.8, 4) is 17.6 Å². The van der Waals surface area contributed by atoms with Crippen molar-refractivity contribution in [2.75, 3.05) is 6.61 Å². The molecule has 1 heteroatoms. The Morgan fingerprint density at radius 3 is 2.75 bits per heavy atom. The fourth-order valence-electron chi connectivity index (χ4n) is 0.904. The molecule has 0 heterocycles. The van der Waals surface area contributed by atoms with Crippen LogP contribution in [0.3, 0.4) is 0 Å². The molecule has 0 spiro atoms. The van der Waals surface area contributed by atoms with Gasteiger partial charge in [-0.05, 0) is 25.5 Å². The molecule has 0 aliphatic rings. The van der Waals surface area contributed by atoms with E-state index < -0.39 is 0 Å². The van der Waals surface area contributed by atoms with Crippen molar-refractivity contribution >= 4 is 0 Å². The second-order valence-corrected chi connectivity index (χ2v) is 2.48. The van der Waals surface area contributed by atoms with Gasteiger partial charge in [-0.2, -0.15) is 0 Å². The van der Waals surface area contributed by atoms with Gasteiger partial charge in [0.05, 0.1) is 0 Å². The maximum Gasteiger partial charge on any atom is 0.149 e. The van der Waals surface area contributed by atoms with E-state index in [1.165, 1.54) is 0 Å². The molecule has 0 unspecified atom stereocenters. The molecule has 1 aromatic carbocycles. The topological polar surface area (TPSA) is 9.23 Å². The maximum absolute atomic E-state index is 5.40. The molecule has 0 aliphatic heterocycles. The second kappa shape index (κ2) is 4.46. The first-order valence-corrected chi connectivity index (χ1v) is 3.92. The van der Waals surface area contributed by atoms with Gasteiger partial charge in [0, 0.05) is 0 Å². The highest BCUT2D eigenvalue weighted by Crippen LogP contribution is 2.15. The van der Waals surface area contributed by atoms with Crippen LogP contribution < -0.4 is 4.74 Å². The largest absolute Gasteiger partial charge is 0.481 e. The predicted octanol–water partition coefficient (Wildman–Crippen LogP) is 2.40. The maximum atomic E-state index is 5.40. The highest BCUT2D eigenvalue weighted by Gasteiger charge is 1.94. The number of aryl methyl sites for hydroxylation is 1. The van der Waals surface area contributed by atoms with Crippen LogP contribution in [0.2, 0.25) is 0 Å². The van der Waals surface area contributed by atoms with Crippen LogP contribution in [0.25, 0.3) is 0 Å². The highest BCUT2D eigenvalue weighted by molar-refractivity contribution is 5.31. The molecule has 0 fully saturated rings. The van der Waals surface area contributed by atoms with Crippen molar-refractivity contribution in [3.63, 3.8) is 0 Å². The minimum absolute atomic E-state index is 0.474. The van der Waals surface area contributed by atoms with Crippen LogP contribution in [0, 0.1) is 18.8 Å². The molecule has 0 saturated carbocycles. The lowest BCUT2D eigenvalue weighted by atomic mass is 10.2. The molecule has 0 amide bonds. The molecule has 0 aliphatic carbocycles. The Hall–Kier alpha value is -1.42. The Morgan fingerprint density at radius 1 is 1.33 bits per heavy atom. The van der Waals surface area contributed by atoms with E-state index in [4.69, 9.17) is 4.74 Å². The van der Waals surface area contributed by atoms with Gasteiger partial charge in [0.1, 0.15) is 12.4 Å². The van der Waals surface area contributed by atoms with Crippen LogP contribution in [0.4, 0.5) is 0 Å². The Labute approximate surface area is 73.4 Å². The van der Waals surface area contributed by atoms with Gasteiger partial charge < -0.3 is 4.74 Å². The lowest BCUT2D eigenvalue weighted by Crippen LogP contribution is -1.95. The summed E-state index contributed by atoms with van der Waals surface area (Å²) in [6.45, 7) is 4.30. The molecule has 1 rings (SSSR count). The summed E-state index contributed by atoms with van der Waals surface area (Å²) in [5.74, 6) is 6.55. The van der Waals surface area contributed by atoms with E-state index in [1.807, 2.05) is 31.2 Å². The van der Waals surface area contributed by atoms with Gasteiger partial charge in [-0.3, -0.25) is 0 Å². The van der Waals surface area contributed by atoms with E-state index in [0.29, 0.717) is 6.61 Å². The van der Waals surface area contributed by atoms with E-state index in [-0.39, 0.29) is 0 Å². The Bertz CT molecular complexity index is 304. The smallest absolute Gasteiger partial charge is 0.149 e. The average molecular weight is 160 g/mol. The minimum atomic E-state index is 0.474. The zero-order valence-corrected chi connectivity index (χ0v) is 7.42. The van der Waals surface area contributed by atoms with Gasteiger partial charge in [0.25, 0.3) is 0 Å². The van der Waals surface area contributed by atoms with Gasteiger partial charge in [-0.1, -0.05) is 24.1 Å². The van der Waals surface area contributed by atoms with E-state index >= 15 is 0 Å². The summed E-state index contributed by atoms with van der Waals surface area (Å²) in [6.07, 6.45) is 0. The normalized spacial score (nSPS) is 8.50. The number of para-hydroxylation sites is 1. The monoisotopic (exact) mass is 160 g/mol. The van der Waals surface area contributed by atoms with Gasteiger partial charge in [-0.25, -0.2) is 0 Å². The van der Waals surface area contributed by atoms with Crippen LogP contribution in [-0.4, -0.2) is 6.61 Å². The summed E-state index contributed by atoms with van der Waals surface area (Å²) in [5.41, 5.74) is 1.15. The molecule has 1 nitrogen and oxygen atoms in total. The third-order valence-electron chi connectivity index (χ3n) is 1.57. The van der Waals surface area contributed by atoms with Crippen LogP contribution >= 0.6 is 0 Å². The van der Waals surface area contributed by atoms with Crippen molar-refractivity contribution in [2.24, 2.45) is 0 Å². The second-order valence-electron chi connectivity index (χ2n) is 2.48. The van der Waals surface area contributed by atoms with Gasteiger partial charge in [0.2, 0.25) is 0 Å². The summed E-state index contributed by atoms with van der Waals surface area (Å²) in [4.78, 5) is 0. The predicted molar refractivity (Wildman–Crippen MR) is 50.1 cm³/mol. The molecule has 0 N–H and O–H groups in total. The van der Waals surface area contributed by atoms with E-state index in [0.717, 1.165) is 11.3 Å². The molecule has 0 radical (unpaired) electrons. The molecule has 1 aromatic rings. The van der Waals surface area contributed by atoms with E-state index in [1.54, 1.807) is 6.92 Å². The fraction of sp³-hybridized carbons (Fsp3) is 0.273. The molecular weight excluding hydrogens is 148 g/mol. The lowest BCUT2D eigenvalue weighted by molar-refractivity contribution is 0.367. The fourth-order valence-corrected chi connectivity index (χ4v) is 0.904. The summed E-state index contributed by atoms with van der Waals surface area (Å²) in [5, 5.41) is 0. The molecule has 62 valence electrons. The summed E-state index contributed by atoms with van der Waals surface area (Å²) in [7, 11) is 0. The van der Waals surface area contributed by atoms with Crippen molar-refractivity contribution in [1.82, 2.24) is 0 Å². The number of ether oxygens (including phenoxy) is 1. The summed E-state index contributed by atoms with van der Waals surface area (Å²) < 4.78 is 5.40. The average Bonchev–Trinajstić information content (AvgIpc) is 2.09. The van der Waals surface area contributed by atoms with Crippen LogP contribution in [0.15, 0.2) is 24.3 Å². The molecule has 0 bridgehead atoms. The van der Waals surface area contributed by atoms with Crippen LogP contribution in [-0.2, 0) is 0 Å². The number of benzene rings is 1. The SMILES string of the molecule is CC#CCOc1ccccc1C. The van der Waals surface area contributed by atoms with Crippen molar-refractivity contribution in [3.05, 3.63) is 29.8 Å². The lowest BCUT2D eigenvalue weighted by Gasteiger charge is -2.04. The Kier molecular flexibility index (Phi) is 3.22. The zero-order chi connectivity index (χ0) is 8.81. The third kappa shape index (κ3) is 2.32. The standard InChI is InChI=1S/C11H12O/c1-3-4-9-12-11-8-6-5-7-10(11)2/h5-8H,9H2,1-2H3. The van der Waals surface area contributed by atoms with E-state index in [2.05, 4.69) is 11.8 Å². The van der Waals surface area contributed by atoms with Crippen LogP contribution in [0.1, 0.15) is 12.5 Å². The quantitative estimate of drug-likeness (QED) is 0.603. The first-order chi connectivity index (χ1) is 5.84. The zero-order valence-electron chi connectivity index (χ0n) is 7.42. The van der Waals surface area contributed by atoms with Crippen molar-refractivity contribution < 1.29 is 4.74 Å². The van der Waals surface area contributed by atoms with Gasteiger partial charge in [-0.15, -0.1) is 5.92 Å².